The molecule has 7 heteroatoms. The van der Waals surface area contributed by atoms with Crippen molar-refractivity contribution in [3.05, 3.63) is 32.3 Å². The summed E-state index contributed by atoms with van der Waals surface area (Å²) in [6, 6.07) is 0. The highest BCUT2D eigenvalue weighted by Crippen LogP contribution is 2.47. The van der Waals surface area contributed by atoms with Crippen LogP contribution in [0.15, 0.2) is 11.1 Å². The van der Waals surface area contributed by atoms with Gasteiger partial charge in [0.15, 0.2) is 5.78 Å². The number of rotatable bonds is 5. The molecule has 29 heavy (non-hydrogen) atoms. The standard InChI is InChI=1S/C22H24N2O3S2/c1-11-23-21(29-24-11)20-14-4-2-3-5-16(14)28-17(20)10-15(25)18-12-6-8-13(9-7-12)19(18)22(26)27/h12-13H,2-10H2,1H3,(H,26,27). The van der Waals surface area contributed by atoms with Crippen molar-refractivity contribution < 1.29 is 14.7 Å². The van der Waals surface area contributed by atoms with Gasteiger partial charge in [0, 0.05) is 32.9 Å². The molecule has 0 aromatic carbocycles. The second-order valence-electron chi connectivity index (χ2n) is 8.44. The number of carboxylic acids is 1. The molecule has 1 fully saturated rings. The number of carboxylic acid groups (broad SMARTS) is 1. The van der Waals surface area contributed by atoms with Crippen LogP contribution in [0.5, 0.6) is 0 Å². The number of Topliss-reactive ketones (excluding diaryl/α,β-unsaturated/α-hetero) is 1. The van der Waals surface area contributed by atoms with Crippen molar-refractivity contribution in [3.63, 3.8) is 0 Å². The summed E-state index contributed by atoms with van der Waals surface area (Å²) in [6.45, 7) is 1.90. The first kappa shape index (κ1) is 19.1. The van der Waals surface area contributed by atoms with Crippen molar-refractivity contribution in [1.82, 2.24) is 9.36 Å². The Bertz CT molecular complexity index is 1030. The van der Waals surface area contributed by atoms with E-state index in [1.807, 2.05) is 6.92 Å². The molecule has 1 N–H and O–H groups in total. The van der Waals surface area contributed by atoms with Crippen LogP contribution in [0.3, 0.4) is 0 Å². The van der Waals surface area contributed by atoms with Crippen LogP contribution in [0.4, 0.5) is 0 Å². The third kappa shape index (κ3) is 3.28. The summed E-state index contributed by atoms with van der Waals surface area (Å²) in [6.07, 6.45) is 8.46. The molecule has 6 rings (SSSR count). The van der Waals surface area contributed by atoms with Gasteiger partial charge in [-0.1, -0.05) is 0 Å². The zero-order chi connectivity index (χ0) is 20.1. The molecule has 152 valence electrons. The average molecular weight is 429 g/mol. The number of aliphatic carboxylic acids is 1. The number of thiophene rings is 1. The molecule has 0 unspecified atom stereocenters. The summed E-state index contributed by atoms with van der Waals surface area (Å²) in [5, 5.41) is 10.7. The molecule has 0 spiro atoms. The minimum Gasteiger partial charge on any atom is -0.478 e. The number of fused-ring (bicyclic) bond motifs is 3. The SMILES string of the molecule is Cc1nsc(-c2c(CC(=O)C3=C(C(=O)O)C4CCC3CC4)sc3c2CCCC3)n1. The van der Waals surface area contributed by atoms with Gasteiger partial charge in [-0.3, -0.25) is 4.79 Å². The number of carbonyl (C=O) groups is 2. The number of aromatic nitrogens is 2. The molecular weight excluding hydrogens is 404 g/mol. The van der Waals surface area contributed by atoms with Gasteiger partial charge >= 0.3 is 5.97 Å². The summed E-state index contributed by atoms with van der Waals surface area (Å²) in [4.78, 5) is 32.4. The molecule has 0 atom stereocenters. The average Bonchev–Trinajstić information content (AvgIpc) is 3.30. The van der Waals surface area contributed by atoms with Gasteiger partial charge in [0.1, 0.15) is 10.8 Å². The number of carbonyl (C=O) groups excluding carboxylic acids is 1. The van der Waals surface area contributed by atoms with Crippen molar-refractivity contribution in [2.75, 3.05) is 0 Å². The fourth-order valence-electron chi connectivity index (χ4n) is 5.41. The van der Waals surface area contributed by atoms with Gasteiger partial charge in [-0.2, -0.15) is 4.37 Å². The van der Waals surface area contributed by atoms with Crippen LogP contribution in [0.2, 0.25) is 0 Å². The Hall–Kier alpha value is -1.86. The highest BCUT2D eigenvalue weighted by atomic mass is 32.1. The Morgan fingerprint density at radius 2 is 1.76 bits per heavy atom. The van der Waals surface area contributed by atoms with E-state index in [1.165, 1.54) is 34.8 Å². The van der Waals surface area contributed by atoms with E-state index in [4.69, 9.17) is 0 Å². The molecule has 0 aliphatic heterocycles. The summed E-state index contributed by atoms with van der Waals surface area (Å²) >= 11 is 3.14. The quantitative estimate of drug-likeness (QED) is 0.742. The molecular formula is C22H24N2O3S2. The summed E-state index contributed by atoms with van der Waals surface area (Å²) in [5.41, 5.74) is 3.48. The molecule has 2 bridgehead atoms. The topological polar surface area (TPSA) is 80.2 Å². The van der Waals surface area contributed by atoms with E-state index in [0.29, 0.717) is 17.6 Å². The highest BCUT2D eigenvalue weighted by Gasteiger charge is 2.41. The predicted molar refractivity (Wildman–Crippen MR) is 113 cm³/mol. The lowest BCUT2D eigenvalue weighted by atomic mass is 9.65. The van der Waals surface area contributed by atoms with Gasteiger partial charge in [0.05, 0.1) is 0 Å². The summed E-state index contributed by atoms with van der Waals surface area (Å²) < 4.78 is 4.36. The number of hydrogen-bond donors (Lipinski definition) is 1. The second-order valence-corrected chi connectivity index (χ2v) is 10.4. The van der Waals surface area contributed by atoms with Gasteiger partial charge < -0.3 is 5.11 Å². The van der Waals surface area contributed by atoms with Crippen molar-refractivity contribution in [2.24, 2.45) is 11.8 Å². The Balaban J connectivity index is 1.55. The van der Waals surface area contributed by atoms with Crippen LogP contribution in [-0.4, -0.2) is 26.2 Å². The summed E-state index contributed by atoms with van der Waals surface area (Å²) in [5.74, 6) is 0.0586. The lowest BCUT2D eigenvalue weighted by Gasteiger charge is -2.38. The van der Waals surface area contributed by atoms with E-state index in [-0.39, 0.29) is 17.6 Å². The van der Waals surface area contributed by atoms with E-state index < -0.39 is 5.97 Å². The van der Waals surface area contributed by atoms with Crippen LogP contribution in [-0.2, 0) is 28.9 Å². The van der Waals surface area contributed by atoms with Crippen molar-refractivity contribution >= 4 is 34.6 Å². The van der Waals surface area contributed by atoms with Gasteiger partial charge in [-0.25, -0.2) is 9.78 Å². The van der Waals surface area contributed by atoms with Crippen LogP contribution < -0.4 is 0 Å². The van der Waals surface area contributed by atoms with Gasteiger partial charge in [-0.15, -0.1) is 11.3 Å². The number of ketones is 1. The van der Waals surface area contributed by atoms with Crippen LogP contribution in [0, 0.1) is 18.8 Å². The Kier molecular flexibility index (Phi) is 4.90. The molecule has 0 amide bonds. The lowest BCUT2D eigenvalue weighted by Crippen LogP contribution is -2.34. The van der Waals surface area contributed by atoms with Gasteiger partial charge in [-0.05, 0) is 87.2 Å². The molecule has 5 nitrogen and oxygen atoms in total. The molecule has 2 aromatic heterocycles. The van der Waals surface area contributed by atoms with Crippen LogP contribution in [0.1, 0.15) is 59.7 Å². The van der Waals surface area contributed by atoms with Gasteiger partial charge in [0.25, 0.3) is 0 Å². The van der Waals surface area contributed by atoms with Gasteiger partial charge in [0.2, 0.25) is 0 Å². The molecule has 4 aliphatic carbocycles. The zero-order valence-electron chi connectivity index (χ0n) is 16.5. The largest absolute Gasteiger partial charge is 0.478 e. The number of hydrogen-bond acceptors (Lipinski definition) is 6. The third-order valence-electron chi connectivity index (χ3n) is 6.67. The van der Waals surface area contributed by atoms with Crippen LogP contribution in [0.25, 0.3) is 10.6 Å². The first-order valence-corrected chi connectivity index (χ1v) is 12.1. The van der Waals surface area contributed by atoms with E-state index >= 15 is 0 Å². The minimum atomic E-state index is -0.895. The maximum Gasteiger partial charge on any atom is 0.332 e. The first-order valence-electron chi connectivity index (χ1n) is 10.5. The maximum absolute atomic E-state index is 13.4. The molecule has 1 saturated carbocycles. The zero-order valence-corrected chi connectivity index (χ0v) is 18.1. The monoisotopic (exact) mass is 428 g/mol. The molecule has 2 heterocycles. The highest BCUT2D eigenvalue weighted by molar-refractivity contribution is 7.14. The van der Waals surface area contributed by atoms with E-state index in [0.717, 1.165) is 59.8 Å². The second kappa shape index (κ2) is 7.43. The molecule has 0 saturated heterocycles. The van der Waals surface area contributed by atoms with E-state index in [2.05, 4.69) is 9.36 Å². The Morgan fingerprint density at radius 1 is 1.07 bits per heavy atom. The minimum absolute atomic E-state index is 0.0119. The van der Waals surface area contributed by atoms with Crippen molar-refractivity contribution in [3.8, 4) is 10.6 Å². The smallest absolute Gasteiger partial charge is 0.332 e. The fourth-order valence-corrected chi connectivity index (χ4v) is 7.64. The Morgan fingerprint density at radius 3 is 2.41 bits per heavy atom. The number of aryl methyl sites for hydroxylation is 2. The van der Waals surface area contributed by atoms with E-state index in [9.17, 15) is 14.7 Å². The molecule has 2 aromatic rings. The number of allylic oxidation sites excluding steroid dienone is 1. The first-order chi connectivity index (χ1) is 14.0. The van der Waals surface area contributed by atoms with E-state index in [1.54, 1.807) is 11.3 Å². The molecule has 4 aliphatic rings. The van der Waals surface area contributed by atoms with Crippen molar-refractivity contribution in [1.29, 1.82) is 0 Å². The number of nitrogens with zero attached hydrogens (tertiary/aromatic N) is 2. The van der Waals surface area contributed by atoms with Crippen LogP contribution >= 0.6 is 22.9 Å². The summed E-state index contributed by atoms with van der Waals surface area (Å²) in [7, 11) is 0. The molecule has 0 radical (unpaired) electrons. The van der Waals surface area contributed by atoms with Crippen molar-refractivity contribution in [2.45, 2.75) is 64.7 Å². The predicted octanol–water partition coefficient (Wildman–Crippen LogP) is 4.77. The lowest BCUT2D eigenvalue weighted by molar-refractivity contribution is -0.134. The third-order valence-corrected chi connectivity index (χ3v) is 8.79. The maximum atomic E-state index is 13.4. The normalized spacial score (nSPS) is 23.3. The fraction of sp³-hybridized carbons (Fsp3) is 0.545. The Labute approximate surface area is 178 Å².